The monoisotopic (exact) mass is 998 g/mol. The second kappa shape index (κ2) is 16.4. The van der Waals surface area contributed by atoms with Gasteiger partial charge in [0.05, 0.1) is 11.0 Å². The van der Waals surface area contributed by atoms with Gasteiger partial charge in [-0.3, -0.25) is 0 Å². The van der Waals surface area contributed by atoms with Crippen LogP contribution in [0, 0.1) is 0 Å². The van der Waals surface area contributed by atoms with Gasteiger partial charge in [0.2, 0.25) is 0 Å². The van der Waals surface area contributed by atoms with Crippen LogP contribution in [-0.4, -0.2) is 19.5 Å². The molecular formula is C71H42N4OS. The number of nitrogens with zero attached hydrogens (tertiary/aromatic N) is 4. The van der Waals surface area contributed by atoms with Crippen molar-refractivity contribution in [1.82, 2.24) is 19.5 Å². The summed E-state index contributed by atoms with van der Waals surface area (Å²) in [6.07, 6.45) is 0.857. The van der Waals surface area contributed by atoms with E-state index in [2.05, 4.69) is 241 Å². The molecule has 0 fully saturated rings. The minimum Gasteiger partial charge on any atom is -0.454 e. The Labute approximate surface area is 445 Å². The number of hydrogen-bond donors (Lipinski definition) is 0. The minimum absolute atomic E-state index is 0.211. The molecule has 0 bridgehead atoms. The molecule has 1 atom stereocenters. The van der Waals surface area contributed by atoms with Crippen molar-refractivity contribution in [2.45, 2.75) is 12.3 Å². The Morgan fingerprint density at radius 2 is 1.04 bits per heavy atom. The molecule has 1 aliphatic rings. The third-order valence-electron chi connectivity index (χ3n) is 16.4. The van der Waals surface area contributed by atoms with Crippen molar-refractivity contribution in [2.24, 2.45) is 0 Å². The van der Waals surface area contributed by atoms with Crippen molar-refractivity contribution in [3.63, 3.8) is 0 Å². The van der Waals surface area contributed by atoms with E-state index in [4.69, 9.17) is 19.4 Å². The number of rotatable bonds is 5. The van der Waals surface area contributed by atoms with Crippen molar-refractivity contribution >= 4 is 108 Å². The molecule has 0 saturated carbocycles. The zero-order valence-electron chi connectivity index (χ0n) is 41.4. The number of hydrogen-bond acceptors (Lipinski definition) is 5. The highest BCUT2D eigenvalue weighted by Crippen LogP contribution is 2.48. The van der Waals surface area contributed by atoms with Crippen LogP contribution < -0.4 is 0 Å². The SMILES string of the molecule is c1ccc(C2Cc3cc(-c4nc(-c5ccc6sc7ccccc7c6c5)nc(-c5ccc6c(oc7cc8ccccc8cc76)c5-n5c6cc7ccccc7cc6c6c7ccccc7ccc65)n4)ccc3-c3ccccc32)cc1. The average Bonchev–Trinajstić information content (AvgIpc) is 4.38. The normalized spacial score (nSPS) is 13.5. The predicted octanol–water partition coefficient (Wildman–Crippen LogP) is 19.1. The first kappa shape index (κ1) is 42.6. The Morgan fingerprint density at radius 1 is 0.403 bits per heavy atom. The molecule has 0 spiro atoms. The lowest BCUT2D eigenvalue weighted by Crippen LogP contribution is -2.13. The lowest BCUT2D eigenvalue weighted by atomic mass is 9.75. The third-order valence-corrected chi connectivity index (χ3v) is 17.5. The molecule has 358 valence electrons. The Balaban J connectivity index is 0.971. The Kier molecular flexibility index (Phi) is 9.06. The second-order valence-electron chi connectivity index (χ2n) is 20.6. The lowest BCUT2D eigenvalue weighted by Gasteiger charge is -2.28. The summed E-state index contributed by atoms with van der Waals surface area (Å²) in [5.74, 6) is 1.99. The highest BCUT2D eigenvalue weighted by atomic mass is 32.1. The smallest absolute Gasteiger partial charge is 0.166 e. The van der Waals surface area contributed by atoms with Crippen LogP contribution in [0.1, 0.15) is 22.6 Å². The van der Waals surface area contributed by atoms with Gasteiger partial charge in [0.1, 0.15) is 11.3 Å². The molecule has 4 aromatic heterocycles. The van der Waals surface area contributed by atoms with Gasteiger partial charge in [0, 0.05) is 64.3 Å². The van der Waals surface area contributed by atoms with E-state index in [1.807, 2.05) is 11.3 Å². The second-order valence-corrected chi connectivity index (χ2v) is 21.7. The van der Waals surface area contributed by atoms with Gasteiger partial charge in [-0.15, -0.1) is 11.3 Å². The number of thiophene rings is 1. The van der Waals surface area contributed by atoms with Crippen LogP contribution in [0.3, 0.4) is 0 Å². The van der Waals surface area contributed by atoms with Gasteiger partial charge < -0.3 is 8.98 Å². The number of aromatic nitrogens is 4. The number of benzene rings is 12. The van der Waals surface area contributed by atoms with Crippen LogP contribution in [-0.2, 0) is 6.42 Å². The van der Waals surface area contributed by atoms with Gasteiger partial charge >= 0.3 is 0 Å². The summed E-state index contributed by atoms with van der Waals surface area (Å²) in [5.41, 5.74) is 13.8. The maximum absolute atomic E-state index is 7.31. The van der Waals surface area contributed by atoms with E-state index in [0.717, 1.165) is 83.3 Å². The van der Waals surface area contributed by atoms with E-state index in [1.165, 1.54) is 69.5 Å². The van der Waals surface area contributed by atoms with Gasteiger partial charge in [-0.25, -0.2) is 15.0 Å². The van der Waals surface area contributed by atoms with E-state index in [0.29, 0.717) is 17.5 Å². The molecule has 17 rings (SSSR count). The summed E-state index contributed by atoms with van der Waals surface area (Å²) in [6.45, 7) is 0. The predicted molar refractivity (Wildman–Crippen MR) is 321 cm³/mol. The first-order chi connectivity index (χ1) is 38.1. The molecule has 6 heteroatoms. The molecule has 0 saturated heterocycles. The highest BCUT2D eigenvalue weighted by Gasteiger charge is 2.29. The zero-order chi connectivity index (χ0) is 50.3. The Hall–Kier alpha value is -9.75. The molecule has 1 aliphatic carbocycles. The lowest BCUT2D eigenvalue weighted by molar-refractivity contribution is 0.667. The quantitative estimate of drug-likeness (QED) is 0.172. The summed E-state index contributed by atoms with van der Waals surface area (Å²) in [5, 5.41) is 13.9. The van der Waals surface area contributed by atoms with Crippen LogP contribution in [0.25, 0.3) is 147 Å². The molecule has 0 N–H and O–H groups in total. The standard InChI is InChI=1S/C71H42N4OS/c1-2-14-41(15-3-1)57-38-49-34-47(26-29-50(49)52-22-10-11-23-53(52)57)69-72-70(48-28-33-65-59(37-48)54-24-12-13-25-64(54)77-65)74-71(73-69)56-31-30-55-58-35-43-17-5-7-20-46(43)40-63(58)76-68(55)67(56)75-61-32-27-42-16-8-9-21-51(42)66(61)60-36-44-18-4-6-19-45(44)39-62(60)75/h1-37,39-40,57H,38H2. The van der Waals surface area contributed by atoms with E-state index >= 15 is 0 Å². The summed E-state index contributed by atoms with van der Waals surface area (Å²) in [7, 11) is 0. The van der Waals surface area contributed by atoms with Gasteiger partial charge in [0.25, 0.3) is 0 Å². The van der Waals surface area contributed by atoms with Crippen molar-refractivity contribution in [3.05, 3.63) is 253 Å². The fourth-order valence-electron chi connectivity index (χ4n) is 12.8. The largest absolute Gasteiger partial charge is 0.454 e. The molecule has 16 aromatic rings. The number of furan rings is 1. The van der Waals surface area contributed by atoms with Gasteiger partial charge in [-0.05, 0) is 139 Å². The summed E-state index contributed by atoms with van der Waals surface area (Å²) in [6, 6.07) is 86.0. The van der Waals surface area contributed by atoms with Crippen LogP contribution in [0.15, 0.2) is 241 Å². The molecule has 0 aliphatic heterocycles. The number of fused-ring (bicyclic) bond motifs is 16. The van der Waals surface area contributed by atoms with Crippen molar-refractivity contribution in [2.75, 3.05) is 0 Å². The molecular weight excluding hydrogens is 957 g/mol. The third kappa shape index (κ3) is 6.49. The van der Waals surface area contributed by atoms with Crippen molar-refractivity contribution < 1.29 is 4.42 Å². The zero-order valence-corrected chi connectivity index (χ0v) is 42.2. The average molecular weight is 999 g/mol. The van der Waals surface area contributed by atoms with Gasteiger partial charge in [-0.1, -0.05) is 164 Å². The summed E-state index contributed by atoms with van der Waals surface area (Å²) >= 11 is 1.81. The van der Waals surface area contributed by atoms with E-state index in [-0.39, 0.29) is 5.92 Å². The molecule has 5 nitrogen and oxygen atoms in total. The first-order valence-corrected chi connectivity index (χ1v) is 27.1. The van der Waals surface area contributed by atoms with Gasteiger partial charge in [-0.2, -0.15) is 0 Å². The Morgan fingerprint density at radius 3 is 1.87 bits per heavy atom. The van der Waals surface area contributed by atoms with Crippen LogP contribution in [0.4, 0.5) is 0 Å². The summed E-state index contributed by atoms with van der Waals surface area (Å²) < 4.78 is 12.2. The van der Waals surface area contributed by atoms with E-state index in [9.17, 15) is 0 Å². The van der Waals surface area contributed by atoms with Crippen LogP contribution in [0.2, 0.25) is 0 Å². The molecule has 12 aromatic carbocycles. The minimum atomic E-state index is 0.211. The topological polar surface area (TPSA) is 56.7 Å². The maximum atomic E-state index is 7.31. The molecule has 1 unspecified atom stereocenters. The first-order valence-electron chi connectivity index (χ1n) is 26.3. The molecule has 77 heavy (non-hydrogen) atoms. The van der Waals surface area contributed by atoms with Crippen molar-refractivity contribution in [3.8, 4) is 51.0 Å². The van der Waals surface area contributed by atoms with Crippen molar-refractivity contribution in [1.29, 1.82) is 0 Å². The molecule has 4 heterocycles. The van der Waals surface area contributed by atoms with E-state index in [1.54, 1.807) is 0 Å². The Bertz CT molecular complexity index is 5160. The van der Waals surface area contributed by atoms with Crippen LogP contribution in [0.5, 0.6) is 0 Å². The maximum Gasteiger partial charge on any atom is 0.166 e. The summed E-state index contributed by atoms with van der Waals surface area (Å²) in [4.78, 5) is 16.7. The fourth-order valence-corrected chi connectivity index (χ4v) is 13.9. The van der Waals surface area contributed by atoms with Gasteiger partial charge in [0.15, 0.2) is 23.1 Å². The van der Waals surface area contributed by atoms with Crippen LogP contribution >= 0.6 is 11.3 Å². The highest BCUT2D eigenvalue weighted by molar-refractivity contribution is 7.25. The fraction of sp³-hybridized carbons (Fsp3) is 0.0282. The molecule has 0 amide bonds. The van der Waals surface area contributed by atoms with E-state index < -0.39 is 0 Å². The molecule has 0 radical (unpaired) electrons.